The smallest absolute Gasteiger partial charge is 0.221 e. The molecule has 0 spiro atoms. The van der Waals surface area contributed by atoms with Gasteiger partial charge in [0, 0.05) is 38.3 Å². The fourth-order valence-electron chi connectivity index (χ4n) is 2.36. The van der Waals surface area contributed by atoms with E-state index in [4.69, 9.17) is 14.2 Å². The summed E-state index contributed by atoms with van der Waals surface area (Å²) in [6, 6.07) is 3.72. The van der Waals surface area contributed by atoms with Crippen LogP contribution >= 0.6 is 12.4 Å². The molecule has 0 unspecified atom stereocenters. The molecule has 22 heavy (non-hydrogen) atoms. The van der Waals surface area contributed by atoms with Crippen molar-refractivity contribution in [2.45, 2.75) is 13.5 Å². The van der Waals surface area contributed by atoms with Crippen LogP contribution in [0.4, 0.5) is 5.69 Å². The van der Waals surface area contributed by atoms with Gasteiger partial charge < -0.3 is 19.5 Å². The molecule has 0 atom stereocenters. The molecule has 1 aromatic rings. The third kappa shape index (κ3) is 4.76. The number of rotatable bonds is 5. The Hall–Kier alpha value is -1.50. The maximum absolute atomic E-state index is 11.4. The van der Waals surface area contributed by atoms with Gasteiger partial charge in [-0.15, -0.1) is 12.4 Å². The lowest BCUT2D eigenvalue weighted by molar-refractivity contribution is -0.114. The van der Waals surface area contributed by atoms with Crippen molar-refractivity contribution in [2.75, 3.05) is 45.8 Å². The van der Waals surface area contributed by atoms with Crippen molar-refractivity contribution >= 4 is 24.0 Å². The molecule has 0 bridgehead atoms. The number of ether oxygens (including phenoxy) is 3. The third-order valence-corrected chi connectivity index (χ3v) is 3.42. The number of amides is 1. The van der Waals surface area contributed by atoms with Crippen LogP contribution in [0.1, 0.15) is 12.5 Å². The molecule has 1 heterocycles. The third-order valence-electron chi connectivity index (χ3n) is 3.42. The molecule has 124 valence electrons. The molecule has 0 aromatic heterocycles. The average Bonchev–Trinajstić information content (AvgIpc) is 2.49. The lowest BCUT2D eigenvalue weighted by Crippen LogP contribution is -2.35. The molecular formula is C15H23ClN2O4. The molecule has 1 aliphatic rings. The van der Waals surface area contributed by atoms with E-state index in [0.717, 1.165) is 44.1 Å². The predicted molar refractivity (Wildman–Crippen MR) is 87.2 cm³/mol. The van der Waals surface area contributed by atoms with Crippen molar-refractivity contribution < 1.29 is 19.0 Å². The summed E-state index contributed by atoms with van der Waals surface area (Å²) in [4.78, 5) is 13.7. The Kier molecular flexibility index (Phi) is 7.44. The van der Waals surface area contributed by atoms with E-state index in [1.165, 1.54) is 6.92 Å². The topological polar surface area (TPSA) is 60.0 Å². The minimum Gasteiger partial charge on any atom is -0.493 e. The van der Waals surface area contributed by atoms with Crippen molar-refractivity contribution in [3.8, 4) is 11.5 Å². The molecule has 1 aliphatic heterocycles. The summed E-state index contributed by atoms with van der Waals surface area (Å²) in [6.45, 7) is 5.47. The SMILES string of the molecule is COc1cc(CN2CCOCC2)c(NC(C)=O)cc1OC.Cl. The Morgan fingerprint density at radius 3 is 2.36 bits per heavy atom. The maximum atomic E-state index is 11.4. The van der Waals surface area contributed by atoms with E-state index in [2.05, 4.69) is 10.2 Å². The number of carbonyl (C=O) groups excluding carboxylic acids is 1. The molecule has 7 heteroatoms. The minimum atomic E-state index is -0.106. The fraction of sp³-hybridized carbons (Fsp3) is 0.533. The second-order valence-electron chi connectivity index (χ2n) is 4.93. The summed E-state index contributed by atoms with van der Waals surface area (Å²) in [7, 11) is 3.19. The molecule has 1 amide bonds. The van der Waals surface area contributed by atoms with Crippen molar-refractivity contribution in [2.24, 2.45) is 0 Å². The average molecular weight is 331 g/mol. The zero-order valence-electron chi connectivity index (χ0n) is 13.2. The molecule has 1 saturated heterocycles. The van der Waals surface area contributed by atoms with Gasteiger partial charge in [-0.05, 0) is 11.6 Å². The van der Waals surface area contributed by atoms with Gasteiger partial charge >= 0.3 is 0 Å². The number of methoxy groups -OCH3 is 2. The summed E-state index contributed by atoms with van der Waals surface area (Å²) >= 11 is 0. The van der Waals surface area contributed by atoms with Crippen molar-refractivity contribution in [1.82, 2.24) is 4.90 Å². The standard InChI is InChI=1S/C15H22N2O4.ClH/c1-11(18)16-13-9-15(20-3)14(19-2)8-12(13)10-17-4-6-21-7-5-17;/h8-9H,4-7,10H2,1-3H3,(H,16,18);1H. The van der Waals surface area contributed by atoms with Gasteiger partial charge in [0.2, 0.25) is 5.91 Å². The second-order valence-corrected chi connectivity index (χ2v) is 4.93. The van der Waals surface area contributed by atoms with E-state index >= 15 is 0 Å². The number of nitrogens with zero attached hydrogens (tertiary/aromatic N) is 1. The van der Waals surface area contributed by atoms with E-state index in [1.54, 1.807) is 20.3 Å². The van der Waals surface area contributed by atoms with Crippen LogP contribution in [0.15, 0.2) is 12.1 Å². The second kappa shape index (κ2) is 8.82. The zero-order chi connectivity index (χ0) is 15.2. The number of nitrogens with one attached hydrogen (secondary N) is 1. The highest BCUT2D eigenvalue weighted by atomic mass is 35.5. The quantitative estimate of drug-likeness (QED) is 0.893. The highest BCUT2D eigenvalue weighted by Crippen LogP contribution is 2.34. The fourth-order valence-corrected chi connectivity index (χ4v) is 2.36. The monoisotopic (exact) mass is 330 g/mol. The molecule has 6 nitrogen and oxygen atoms in total. The van der Waals surface area contributed by atoms with Gasteiger partial charge in [-0.2, -0.15) is 0 Å². The Morgan fingerprint density at radius 1 is 1.23 bits per heavy atom. The molecular weight excluding hydrogens is 308 g/mol. The van der Waals surface area contributed by atoms with Gasteiger partial charge in [0.1, 0.15) is 0 Å². The number of halogens is 1. The lowest BCUT2D eigenvalue weighted by Gasteiger charge is -2.27. The minimum absolute atomic E-state index is 0. The number of benzene rings is 1. The molecule has 1 N–H and O–H groups in total. The van der Waals surface area contributed by atoms with Crippen LogP contribution in [-0.2, 0) is 16.1 Å². The van der Waals surface area contributed by atoms with Crippen molar-refractivity contribution in [1.29, 1.82) is 0 Å². The summed E-state index contributed by atoms with van der Waals surface area (Å²) < 4.78 is 16.0. The van der Waals surface area contributed by atoms with Crippen molar-refractivity contribution in [3.63, 3.8) is 0 Å². The van der Waals surface area contributed by atoms with Crippen LogP contribution in [0.2, 0.25) is 0 Å². The number of carbonyl (C=O) groups is 1. The Morgan fingerprint density at radius 2 is 1.82 bits per heavy atom. The van der Waals surface area contributed by atoms with Gasteiger partial charge in [0.25, 0.3) is 0 Å². The normalized spacial score (nSPS) is 14.9. The van der Waals surface area contributed by atoms with Crippen LogP contribution in [0.25, 0.3) is 0 Å². The van der Waals surface area contributed by atoms with E-state index in [-0.39, 0.29) is 18.3 Å². The maximum Gasteiger partial charge on any atom is 0.221 e. The highest BCUT2D eigenvalue weighted by molar-refractivity contribution is 5.90. The van der Waals surface area contributed by atoms with Gasteiger partial charge in [-0.25, -0.2) is 0 Å². The van der Waals surface area contributed by atoms with Gasteiger partial charge in [-0.3, -0.25) is 9.69 Å². The zero-order valence-corrected chi connectivity index (χ0v) is 14.0. The molecule has 0 radical (unpaired) electrons. The van der Waals surface area contributed by atoms with Gasteiger partial charge in [-0.1, -0.05) is 0 Å². The number of anilines is 1. The summed E-state index contributed by atoms with van der Waals surface area (Å²) in [5.74, 6) is 1.16. The first kappa shape index (κ1) is 18.5. The van der Waals surface area contributed by atoms with Gasteiger partial charge in [0.05, 0.1) is 27.4 Å². The van der Waals surface area contributed by atoms with Crippen LogP contribution in [0.3, 0.4) is 0 Å². The highest BCUT2D eigenvalue weighted by Gasteiger charge is 2.16. The van der Waals surface area contributed by atoms with E-state index in [9.17, 15) is 4.79 Å². The molecule has 1 fully saturated rings. The summed E-state index contributed by atoms with van der Waals surface area (Å²) in [5.41, 5.74) is 1.76. The largest absolute Gasteiger partial charge is 0.493 e. The van der Waals surface area contributed by atoms with Crippen LogP contribution < -0.4 is 14.8 Å². The molecule has 0 aliphatic carbocycles. The summed E-state index contributed by atoms with van der Waals surface area (Å²) in [5, 5.41) is 2.86. The Labute approximate surface area is 137 Å². The van der Waals surface area contributed by atoms with E-state index in [0.29, 0.717) is 11.5 Å². The number of hydrogen-bond donors (Lipinski definition) is 1. The first-order valence-electron chi connectivity index (χ1n) is 6.96. The molecule has 0 saturated carbocycles. The van der Waals surface area contributed by atoms with E-state index < -0.39 is 0 Å². The summed E-state index contributed by atoms with van der Waals surface area (Å²) in [6.07, 6.45) is 0. The lowest BCUT2D eigenvalue weighted by atomic mass is 10.1. The van der Waals surface area contributed by atoms with Crippen LogP contribution in [0, 0.1) is 0 Å². The van der Waals surface area contributed by atoms with E-state index in [1.807, 2.05) is 6.07 Å². The van der Waals surface area contributed by atoms with Gasteiger partial charge in [0.15, 0.2) is 11.5 Å². The van der Waals surface area contributed by atoms with Crippen LogP contribution in [-0.4, -0.2) is 51.3 Å². The number of hydrogen-bond acceptors (Lipinski definition) is 5. The molecule has 2 rings (SSSR count). The first-order valence-corrected chi connectivity index (χ1v) is 6.96. The van der Waals surface area contributed by atoms with Crippen molar-refractivity contribution in [3.05, 3.63) is 17.7 Å². The van der Waals surface area contributed by atoms with Crippen LogP contribution in [0.5, 0.6) is 11.5 Å². The Bertz CT molecular complexity index is 505. The molecule has 1 aromatic carbocycles. The number of morpholine rings is 1. The first-order chi connectivity index (χ1) is 10.1. The predicted octanol–water partition coefficient (Wildman–Crippen LogP) is 1.92. The Balaban J connectivity index is 0.00000242.